The number of halogens is 3. The molecule has 20 heavy (non-hydrogen) atoms. The highest BCUT2D eigenvalue weighted by Crippen LogP contribution is 2.33. The number of ether oxygens (including phenoxy) is 1. The Bertz CT molecular complexity index is 639. The van der Waals surface area contributed by atoms with Crippen molar-refractivity contribution in [1.29, 1.82) is 0 Å². The van der Waals surface area contributed by atoms with Gasteiger partial charge in [-0.05, 0) is 29.3 Å². The fourth-order valence-electron chi connectivity index (χ4n) is 1.79. The lowest BCUT2D eigenvalue weighted by Gasteiger charge is -2.11. The number of benzene rings is 1. The molecule has 0 bridgehead atoms. The normalized spacial score (nSPS) is 11.2. The molecule has 2 aromatic rings. The Kier molecular flexibility index (Phi) is 3.74. The summed E-state index contributed by atoms with van der Waals surface area (Å²) in [6, 6.07) is 6.18. The van der Waals surface area contributed by atoms with E-state index in [1.54, 1.807) is 12.1 Å². The average molecular weight is 281 g/mol. The zero-order valence-electron chi connectivity index (χ0n) is 10.4. The monoisotopic (exact) mass is 281 g/mol. The summed E-state index contributed by atoms with van der Waals surface area (Å²) in [5.41, 5.74) is 0.0684. The molecule has 0 radical (unpaired) electrons. The number of hydrogen-bond donors (Lipinski definition) is 0. The predicted octanol–water partition coefficient (Wildman–Crippen LogP) is 3.59. The molecular weight excluding hydrogens is 271 g/mol. The number of aromatic nitrogens is 1. The summed E-state index contributed by atoms with van der Waals surface area (Å²) in [6.07, 6.45) is -2.62. The minimum atomic E-state index is -4.48. The predicted molar refractivity (Wildman–Crippen MR) is 66.6 cm³/mol. The molecule has 0 unspecified atom stereocenters. The lowest BCUT2D eigenvalue weighted by Crippen LogP contribution is -2.06. The van der Waals surface area contributed by atoms with Gasteiger partial charge in [0.15, 0.2) is 6.29 Å². The Labute approximate surface area is 113 Å². The summed E-state index contributed by atoms with van der Waals surface area (Å²) in [4.78, 5) is 14.9. The van der Waals surface area contributed by atoms with Crippen molar-refractivity contribution in [3.8, 4) is 17.0 Å². The molecule has 0 saturated carbocycles. The van der Waals surface area contributed by atoms with E-state index in [2.05, 4.69) is 4.98 Å². The summed E-state index contributed by atoms with van der Waals surface area (Å²) in [5.74, 6) is 0.319. The molecule has 104 valence electrons. The minimum Gasteiger partial charge on any atom is -0.481 e. The highest BCUT2D eigenvalue weighted by atomic mass is 19.4. The van der Waals surface area contributed by atoms with Gasteiger partial charge in [0.25, 0.3) is 0 Å². The van der Waals surface area contributed by atoms with Crippen molar-refractivity contribution >= 4 is 6.29 Å². The van der Waals surface area contributed by atoms with Crippen LogP contribution < -0.4 is 4.74 Å². The maximum absolute atomic E-state index is 12.6. The van der Waals surface area contributed by atoms with Gasteiger partial charge in [0.2, 0.25) is 5.88 Å². The maximum atomic E-state index is 12.6. The van der Waals surface area contributed by atoms with Gasteiger partial charge in [-0.1, -0.05) is 6.07 Å². The van der Waals surface area contributed by atoms with E-state index in [1.165, 1.54) is 19.4 Å². The van der Waals surface area contributed by atoms with Crippen LogP contribution in [0.15, 0.2) is 36.5 Å². The van der Waals surface area contributed by atoms with Crippen LogP contribution in [0.3, 0.4) is 0 Å². The minimum absolute atomic E-state index is 0.0342. The summed E-state index contributed by atoms with van der Waals surface area (Å²) >= 11 is 0. The maximum Gasteiger partial charge on any atom is 0.416 e. The van der Waals surface area contributed by atoms with E-state index in [4.69, 9.17) is 4.74 Å². The third kappa shape index (κ3) is 2.79. The molecule has 1 aromatic heterocycles. The first-order valence-electron chi connectivity index (χ1n) is 5.62. The van der Waals surface area contributed by atoms with Gasteiger partial charge in [-0.15, -0.1) is 0 Å². The van der Waals surface area contributed by atoms with Gasteiger partial charge in [-0.2, -0.15) is 13.2 Å². The number of rotatable bonds is 3. The van der Waals surface area contributed by atoms with Gasteiger partial charge in [-0.3, -0.25) is 4.79 Å². The fraction of sp³-hybridized carbons (Fsp3) is 0.143. The number of nitrogens with zero attached hydrogens (tertiary/aromatic N) is 1. The van der Waals surface area contributed by atoms with E-state index in [0.717, 1.165) is 12.1 Å². The highest BCUT2D eigenvalue weighted by molar-refractivity contribution is 5.88. The van der Waals surface area contributed by atoms with Crippen LogP contribution in [0.1, 0.15) is 15.9 Å². The first kappa shape index (κ1) is 14.0. The number of aldehydes is 1. The van der Waals surface area contributed by atoms with E-state index in [1.807, 2.05) is 0 Å². The molecule has 0 aliphatic rings. The molecule has 1 aromatic carbocycles. The standard InChI is InChI=1S/C14H10F3NO2/c1-20-13-7-9(4-5-18-13)12-3-2-11(14(15,16)17)6-10(12)8-19/h2-8H,1H3. The smallest absolute Gasteiger partial charge is 0.416 e. The van der Waals surface area contributed by atoms with Crippen molar-refractivity contribution in [3.05, 3.63) is 47.7 Å². The van der Waals surface area contributed by atoms with Crippen LogP contribution in [0.5, 0.6) is 5.88 Å². The summed E-state index contributed by atoms with van der Waals surface area (Å²) in [5, 5.41) is 0. The number of carbonyl (C=O) groups excluding carboxylic acids is 1. The van der Waals surface area contributed by atoms with E-state index in [0.29, 0.717) is 23.3 Å². The van der Waals surface area contributed by atoms with E-state index in [-0.39, 0.29) is 5.56 Å². The van der Waals surface area contributed by atoms with Crippen LogP contribution in [-0.2, 0) is 6.18 Å². The van der Waals surface area contributed by atoms with Crippen molar-refractivity contribution in [3.63, 3.8) is 0 Å². The van der Waals surface area contributed by atoms with Crippen molar-refractivity contribution in [2.75, 3.05) is 7.11 Å². The van der Waals surface area contributed by atoms with Crippen molar-refractivity contribution < 1.29 is 22.7 Å². The van der Waals surface area contributed by atoms with Gasteiger partial charge < -0.3 is 4.74 Å². The number of pyridine rings is 1. The third-order valence-corrected chi connectivity index (χ3v) is 2.76. The Morgan fingerprint density at radius 2 is 1.95 bits per heavy atom. The largest absolute Gasteiger partial charge is 0.481 e. The second kappa shape index (κ2) is 5.32. The number of hydrogen-bond acceptors (Lipinski definition) is 3. The van der Waals surface area contributed by atoms with Gasteiger partial charge in [0.05, 0.1) is 12.7 Å². The molecule has 1 heterocycles. The van der Waals surface area contributed by atoms with E-state index in [9.17, 15) is 18.0 Å². The molecule has 0 atom stereocenters. The lowest BCUT2D eigenvalue weighted by atomic mass is 9.99. The molecule has 0 aliphatic carbocycles. The molecule has 0 aliphatic heterocycles. The SMILES string of the molecule is COc1cc(-c2ccc(C(F)(F)F)cc2C=O)ccn1. The van der Waals surface area contributed by atoms with Gasteiger partial charge >= 0.3 is 6.18 Å². The molecule has 0 amide bonds. The lowest BCUT2D eigenvalue weighted by molar-refractivity contribution is -0.137. The van der Waals surface area contributed by atoms with Crippen LogP contribution in [0, 0.1) is 0 Å². The second-order valence-corrected chi connectivity index (χ2v) is 4.00. The van der Waals surface area contributed by atoms with Gasteiger partial charge in [-0.25, -0.2) is 4.98 Å². The topological polar surface area (TPSA) is 39.2 Å². The first-order valence-corrected chi connectivity index (χ1v) is 5.62. The van der Waals surface area contributed by atoms with Crippen molar-refractivity contribution in [1.82, 2.24) is 4.98 Å². The Hall–Kier alpha value is -2.37. The molecule has 0 saturated heterocycles. The molecule has 0 N–H and O–H groups in total. The molecule has 0 fully saturated rings. The molecular formula is C14H10F3NO2. The first-order chi connectivity index (χ1) is 9.45. The summed E-state index contributed by atoms with van der Waals surface area (Å²) in [6.45, 7) is 0. The van der Waals surface area contributed by atoms with Crippen LogP contribution in [-0.4, -0.2) is 18.4 Å². The third-order valence-electron chi connectivity index (χ3n) is 2.76. The van der Waals surface area contributed by atoms with Crippen molar-refractivity contribution in [2.24, 2.45) is 0 Å². The van der Waals surface area contributed by atoms with Crippen LogP contribution >= 0.6 is 0 Å². The van der Waals surface area contributed by atoms with E-state index >= 15 is 0 Å². The van der Waals surface area contributed by atoms with Crippen LogP contribution in [0.25, 0.3) is 11.1 Å². The molecule has 0 spiro atoms. The number of carbonyl (C=O) groups is 1. The average Bonchev–Trinajstić information content (AvgIpc) is 2.45. The molecule has 3 nitrogen and oxygen atoms in total. The summed E-state index contributed by atoms with van der Waals surface area (Å²) < 4.78 is 42.8. The van der Waals surface area contributed by atoms with Crippen molar-refractivity contribution in [2.45, 2.75) is 6.18 Å². The zero-order chi connectivity index (χ0) is 14.8. The number of alkyl halides is 3. The number of methoxy groups -OCH3 is 1. The highest BCUT2D eigenvalue weighted by Gasteiger charge is 2.31. The second-order valence-electron chi connectivity index (χ2n) is 4.00. The van der Waals surface area contributed by atoms with Gasteiger partial charge in [0, 0.05) is 17.8 Å². The van der Waals surface area contributed by atoms with E-state index < -0.39 is 11.7 Å². The van der Waals surface area contributed by atoms with Crippen LogP contribution in [0.4, 0.5) is 13.2 Å². The Morgan fingerprint density at radius 1 is 1.20 bits per heavy atom. The molecule has 2 rings (SSSR count). The Balaban J connectivity index is 2.54. The Morgan fingerprint density at radius 3 is 2.55 bits per heavy atom. The van der Waals surface area contributed by atoms with Gasteiger partial charge in [0.1, 0.15) is 0 Å². The fourth-order valence-corrected chi connectivity index (χ4v) is 1.79. The summed E-state index contributed by atoms with van der Waals surface area (Å²) in [7, 11) is 1.43. The van der Waals surface area contributed by atoms with Crippen LogP contribution in [0.2, 0.25) is 0 Å². The quantitative estimate of drug-likeness (QED) is 0.807. The zero-order valence-corrected chi connectivity index (χ0v) is 10.4. The molecule has 6 heteroatoms.